The molecule has 1 atom stereocenters. The highest BCUT2D eigenvalue weighted by molar-refractivity contribution is 9.10. The molecule has 3 aromatic rings. The molecule has 1 unspecified atom stereocenters. The lowest BCUT2D eigenvalue weighted by atomic mass is 10.1. The van der Waals surface area contributed by atoms with Gasteiger partial charge in [-0.2, -0.15) is 0 Å². The van der Waals surface area contributed by atoms with Crippen LogP contribution < -0.4 is 5.32 Å². The van der Waals surface area contributed by atoms with Crippen LogP contribution in [0, 0.1) is 12.1 Å². The van der Waals surface area contributed by atoms with E-state index in [1.807, 2.05) is 29.6 Å². The number of rotatable bonds is 3. The molecule has 1 aromatic heterocycles. The number of cyclic esters (lactones) is 1. The monoisotopic (exact) mass is 384 g/mol. The molecule has 0 radical (unpaired) electrons. The molecule has 0 fully saturated rings. The van der Waals surface area contributed by atoms with Crippen molar-refractivity contribution in [3.05, 3.63) is 69.5 Å². The van der Waals surface area contributed by atoms with Gasteiger partial charge in [-0.05, 0) is 24.3 Å². The van der Waals surface area contributed by atoms with E-state index in [-0.39, 0.29) is 5.97 Å². The average Bonchev–Trinajstić information content (AvgIpc) is 3.15. The summed E-state index contributed by atoms with van der Waals surface area (Å²) in [6.07, 6.45) is -0.535. The van der Waals surface area contributed by atoms with Gasteiger partial charge in [-0.25, -0.2) is 9.78 Å². The fourth-order valence-electron chi connectivity index (χ4n) is 2.33. The van der Waals surface area contributed by atoms with Crippen LogP contribution in [0.25, 0.3) is 11.3 Å². The molecule has 6 heteroatoms. The number of nitrogens with one attached hydrogen (secondary N) is 1. The number of benzene rings is 1. The molecule has 0 saturated heterocycles. The van der Waals surface area contributed by atoms with Crippen LogP contribution in [0.4, 0.5) is 5.13 Å². The van der Waals surface area contributed by atoms with Gasteiger partial charge in [-0.15, -0.1) is 11.3 Å². The van der Waals surface area contributed by atoms with Gasteiger partial charge in [0.2, 0.25) is 6.23 Å². The average molecular weight is 385 g/mol. The number of aromatic nitrogens is 1. The van der Waals surface area contributed by atoms with Crippen molar-refractivity contribution < 1.29 is 9.53 Å². The number of carbonyl (C=O) groups excluding carboxylic acids is 1. The molecular formula is C17H9BrN2O2S. The van der Waals surface area contributed by atoms with E-state index in [1.54, 1.807) is 12.1 Å². The molecule has 1 aliphatic heterocycles. The fraction of sp³-hybridized carbons (Fsp3) is 0.0588. The Kier molecular flexibility index (Phi) is 3.52. The predicted octanol–water partition coefficient (Wildman–Crippen LogP) is 4.45. The first-order valence-electron chi connectivity index (χ1n) is 6.82. The van der Waals surface area contributed by atoms with Gasteiger partial charge >= 0.3 is 5.97 Å². The summed E-state index contributed by atoms with van der Waals surface area (Å²) in [5.41, 5.74) is 3.09. The third kappa shape index (κ3) is 2.69. The van der Waals surface area contributed by atoms with Crippen LogP contribution in [0.1, 0.15) is 22.1 Å². The second kappa shape index (κ2) is 5.69. The standard InChI is InChI=1S/C17H9BrN2O2S/c18-11-7-5-10(6-8-11)14-9-23-17(19-14)20-15-12-3-1-2-4-13(12)16(21)22-15/h1,3,5-9,15H,(H,19,20). The van der Waals surface area contributed by atoms with Crippen molar-refractivity contribution in [1.82, 2.24) is 4.98 Å². The summed E-state index contributed by atoms with van der Waals surface area (Å²) in [5.74, 6) is -0.390. The van der Waals surface area contributed by atoms with E-state index in [9.17, 15) is 4.79 Å². The summed E-state index contributed by atoms with van der Waals surface area (Å²) in [4.78, 5) is 16.3. The van der Waals surface area contributed by atoms with Crippen molar-refractivity contribution >= 4 is 38.4 Å². The highest BCUT2D eigenvalue weighted by Crippen LogP contribution is 2.33. The van der Waals surface area contributed by atoms with Crippen LogP contribution in [0.5, 0.6) is 0 Å². The number of hydrogen-bond acceptors (Lipinski definition) is 5. The van der Waals surface area contributed by atoms with E-state index in [1.165, 1.54) is 11.3 Å². The van der Waals surface area contributed by atoms with Gasteiger partial charge in [0, 0.05) is 21.0 Å². The van der Waals surface area contributed by atoms with Crippen molar-refractivity contribution in [3.8, 4) is 11.3 Å². The maximum absolute atomic E-state index is 11.8. The predicted molar refractivity (Wildman–Crippen MR) is 91.1 cm³/mol. The van der Waals surface area contributed by atoms with E-state index < -0.39 is 6.23 Å². The van der Waals surface area contributed by atoms with E-state index in [4.69, 9.17) is 4.74 Å². The van der Waals surface area contributed by atoms with Gasteiger partial charge < -0.3 is 10.1 Å². The third-order valence-electron chi connectivity index (χ3n) is 3.44. The van der Waals surface area contributed by atoms with Gasteiger partial charge in [0.05, 0.1) is 5.69 Å². The van der Waals surface area contributed by atoms with Gasteiger partial charge in [-0.3, -0.25) is 0 Å². The Morgan fingerprint density at radius 1 is 1.26 bits per heavy atom. The zero-order chi connectivity index (χ0) is 15.8. The number of esters is 1. The van der Waals surface area contributed by atoms with Gasteiger partial charge in [-0.1, -0.05) is 40.2 Å². The lowest BCUT2D eigenvalue weighted by Crippen LogP contribution is -2.09. The number of fused-ring (bicyclic) bond motifs is 1. The number of ether oxygens (including phenoxy) is 1. The summed E-state index contributed by atoms with van der Waals surface area (Å²) >= 11 is 4.89. The third-order valence-corrected chi connectivity index (χ3v) is 4.74. The van der Waals surface area contributed by atoms with E-state index in [2.05, 4.69) is 38.4 Å². The smallest absolute Gasteiger partial charge is 0.349 e. The molecule has 2 heterocycles. The SMILES string of the molecule is O=C1OC(Nc2nc(-c3ccc(Br)cc3)cs2)c2ccc#cc21. The lowest BCUT2D eigenvalue weighted by Gasteiger charge is -2.11. The molecule has 0 aliphatic carbocycles. The zero-order valence-corrected chi connectivity index (χ0v) is 14.1. The summed E-state index contributed by atoms with van der Waals surface area (Å²) in [5, 5.41) is 5.81. The molecule has 4 nitrogen and oxygen atoms in total. The normalized spacial score (nSPS) is 15.7. The first-order valence-corrected chi connectivity index (χ1v) is 8.49. The number of anilines is 1. The van der Waals surface area contributed by atoms with E-state index in [0.29, 0.717) is 10.7 Å². The van der Waals surface area contributed by atoms with Crippen molar-refractivity contribution in [1.29, 1.82) is 0 Å². The molecule has 0 bridgehead atoms. The van der Waals surface area contributed by atoms with Crippen molar-refractivity contribution in [2.45, 2.75) is 6.23 Å². The largest absolute Gasteiger partial charge is 0.433 e. The van der Waals surface area contributed by atoms with Gasteiger partial charge in [0.1, 0.15) is 5.56 Å². The second-order valence-corrected chi connectivity index (χ2v) is 6.68. The second-order valence-electron chi connectivity index (χ2n) is 4.91. The number of carbonyl (C=O) groups is 1. The summed E-state index contributed by atoms with van der Waals surface area (Å²) in [6, 6.07) is 17.0. The molecule has 112 valence electrons. The molecule has 0 saturated carbocycles. The van der Waals surface area contributed by atoms with E-state index >= 15 is 0 Å². The lowest BCUT2D eigenvalue weighted by molar-refractivity contribution is 0.0437. The minimum atomic E-state index is -0.535. The van der Waals surface area contributed by atoms with Gasteiger partial charge in [0.25, 0.3) is 0 Å². The molecule has 0 spiro atoms. The molecule has 1 N–H and O–H groups in total. The maximum Gasteiger partial charge on any atom is 0.349 e. The molecule has 0 amide bonds. The van der Waals surface area contributed by atoms with Crippen LogP contribution in [-0.4, -0.2) is 11.0 Å². The van der Waals surface area contributed by atoms with Gasteiger partial charge in [0.15, 0.2) is 5.13 Å². The molecular weight excluding hydrogens is 376 g/mol. The van der Waals surface area contributed by atoms with Crippen LogP contribution in [0.2, 0.25) is 0 Å². The molecule has 2 aromatic carbocycles. The Hall–Kier alpha value is -2.36. The minimum Gasteiger partial charge on any atom is -0.433 e. The summed E-state index contributed by atoms with van der Waals surface area (Å²) in [6.45, 7) is 0. The first-order chi connectivity index (χ1) is 11.2. The summed E-state index contributed by atoms with van der Waals surface area (Å²) < 4.78 is 6.35. The van der Waals surface area contributed by atoms with Crippen molar-refractivity contribution in [2.24, 2.45) is 0 Å². The zero-order valence-electron chi connectivity index (χ0n) is 11.7. The Balaban J connectivity index is 1.57. The number of nitrogens with zero attached hydrogens (tertiary/aromatic N) is 1. The van der Waals surface area contributed by atoms with Crippen LogP contribution >= 0.6 is 27.3 Å². The number of halogens is 1. The Morgan fingerprint density at radius 2 is 2.09 bits per heavy atom. The van der Waals surface area contributed by atoms with Crippen molar-refractivity contribution in [2.75, 3.05) is 5.32 Å². The molecule has 23 heavy (non-hydrogen) atoms. The quantitative estimate of drug-likeness (QED) is 0.677. The van der Waals surface area contributed by atoms with Crippen LogP contribution in [0.3, 0.4) is 0 Å². The Labute approximate surface area is 145 Å². The fourth-order valence-corrected chi connectivity index (χ4v) is 3.33. The first kappa shape index (κ1) is 14.2. The Morgan fingerprint density at radius 3 is 2.91 bits per heavy atom. The van der Waals surface area contributed by atoms with Crippen LogP contribution in [-0.2, 0) is 4.74 Å². The number of hydrogen-bond donors (Lipinski definition) is 1. The highest BCUT2D eigenvalue weighted by Gasteiger charge is 2.31. The Bertz CT molecular complexity index is 876. The highest BCUT2D eigenvalue weighted by atomic mass is 79.9. The maximum atomic E-state index is 11.8. The number of thiazole rings is 1. The molecule has 1 aliphatic rings. The van der Waals surface area contributed by atoms with Crippen LogP contribution in [0.15, 0.2) is 46.3 Å². The summed E-state index contributed by atoms with van der Waals surface area (Å²) in [7, 11) is 0. The molecule has 4 rings (SSSR count). The minimum absolute atomic E-state index is 0.390. The van der Waals surface area contributed by atoms with Crippen molar-refractivity contribution in [3.63, 3.8) is 0 Å². The van der Waals surface area contributed by atoms with E-state index in [0.717, 1.165) is 21.3 Å². The topological polar surface area (TPSA) is 51.2 Å².